The molecule has 20 heavy (non-hydrogen) atoms. The molecule has 0 unspecified atom stereocenters. The van der Waals surface area contributed by atoms with Crippen molar-refractivity contribution in [3.05, 3.63) is 41.1 Å². The summed E-state index contributed by atoms with van der Waals surface area (Å²) in [5, 5.41) is 0. The third kappa shape index (κ3) is 2.51. The molecule has 3 N–H and O–H groups in total. The summed E-state index contributed by atoms with van der Waals surface area (Å²) in [6.07, 6.45) is 5.67. The number of nitrogen functional groups attached to an aromatic ring is 1. The lowest BCUT2D eigenvalue weighted by Gasteiger charge is -2.13. The van der Waals surface area contributed by atoms with E-state index in [1.807, 2.05) is 12.1 Å². The second-order valence-corrected chi connectivity index (χ2v) is 5.40. The van der Waals surface area contributed by atoms with Crippen LogP contribution in [0, 0.1) is 6.92 Å². The Balaban J connectivity index is 2.11. The maximum atomic E-state index is 5.66. The fourth-order valence-corrected chi connectivity index (χ4v) is 2.80. The molecular formula is C16H20N4. The monoisotopic (exact) mass is 268 g/mol. The van der Waals surface area contributed by atoms with E-state index in [2.05, 4.69) is 29.5 Å². The Hall–Kier alpha value is -1.94. The van der Waals surface area contributed by atoms with Crippen molar-refractivity contribution >= 4 is 5.82 Å². The Bertz CT molecular complexity index is 622. The van der Waals surface area contributed by atoms with Crippen molar-refractivity contribution < 1.29 is 0 Å². The SMILES string of the molecule is Cc1cccc(-c2nc3c(c(NN)n2)CCCCC3)c1. The standard InChI is InChI=1S/C16H20N4/c1-11-6-5-7-12(10-11)15-18-14-9-4-2-3-8-13(14)16(19-15)20-17/h5-7,10H,2-4,8-9,17H2,1H3,(H,18,19,20). The molecular weight excluding hydrogens is 248 g/mol. The van der Waals surface area contributed by atoms with E-state index in [0.29, 0.717) is 0 Å². The first kappa shape index (κ1) is 13.1. The quantitative estimate of drug-likeness (QED) is 0.499. The highest BCUT2D eigenvalue weighted by molar-refractivity contribution is 5.60. The van der Waals surface area contributed by atoms with Gasteiger partial charge in [-0.05, 0) is 38.7 Å². The number of benzene rings is 1. The first-order valence-corrected chi connectivity index (χ1v) is 7.21. The van der Waals surface area contributed by atoms with Gasteiger partial charge in [-0.1, -0.05) is 30.2 Å². The van der Waals surface area contributed by atoms with Crippen LogP contribution in [0.4, 0.5) is 5.82 Å². The van der Waals surface area contributed by atoms with Crippen LogP contribution in [-0.4, -0.2) is 9.97 Å². The highest BCUT2D eigenvalue weighted by atomic mass is 15.3. The summed E-state index contributed by atoms with van der Waals surface area (Å²) >= 11 is 0. The summed E-state index contributed by atoms with van der Waals surface area (Å²) in [6, 6.07) is 8.27. The Morgan fingerprint density at radius 2 is 1.95 bits per heavy atom. The molecule has 0 atom stereocenters. The van der Waals surface area contributed by atoms with Gasteiger partial charge in [0.1, 0.15) is 5.82 Å². The number of nitrogens with two attached hydrogens (primary N) is 1. The average Bonchev–Trinajstić information content (AvgIpc) is 2.71. The van der Waals surface area contributed by atoms with E-state index in [-0.39, 0.29) is 0 Å². The molecule has 1 heterocycles. The van der Waals surface area contributed by atoms with Crippen molar-refractivity contribution in [2.45, 2.75) is 39.0 Å². The minimum Gasteiger partial charge on any atom is -0.308 e. The van der Waals surface area contributed by atoms with Crippen molar-refractivity contribution in [1.29, 1.82) is 0 Å². The fourth-order valence-electron chi connectivity index (χ4n) is 2.80. The van der Waals surface area contributed by atoms with E-state index in [1.54, 1.807) is 0 Å². The van der Waals surface area contributed by atoms with Crippen LogP contribution in [-0.2, 0) is 12.8 Å². The smallest absolute Gasteiger partial charge is 0.161 e. The van der Waals surface area contributed by atoms with Gasteiger partial charge in [0, 0.05) is 16.8 Å². The number of fused-ring (bicyclic) bond motifs is 1. The van der Waals surface area contributed by atoms with E-state index in [0.717, 1.165) is 35.7 Å². The van der Waals surface area contributed by atoms with E-state index < -0.39 is 0 Å². The van der Waals surface area contributed by atoms with E-state index in [1.165, 1.54) is 30.4 Å². The molecule has 4 nitrogen and oxygen atoms in total. The molecule has 0 bridgehead atoms. The normalized spacial score (nSPS) is 14.5. The maximum Gasteiger partial charge on any atom is 0.161 e. The lowest BCUT2D eigenvalue weighted by atomic mass is 10.1. The van der Waals surface area contributed by atoms with Crippen molar-refractivity contribution in [2.24, 2.45) is 5.84 Å². The van der Waals surface area contributed by atoms with Crippen LogP contribution in [0.25, 0.3) is 11.4 Å². The van der Waals surface area contributed by atoms with Crippen LogP contribution in [0.15, 0.2) is 24.3 Å². The number of aromatic nitrogens is 2. The zero-order valence-corrected chi connectivity index (χ0v) is 11.8. The topological polar surface area (TPSA) is 63.8 Å². The summed E-state index contributed by atoms with van der Waals surface area (Å²) in [4.78, 5) is 9.40. The number of hydrogen-bond donors (Lipinski definition) is 2. The van der Waals surface area contributed by atoms with Gasteiger partial charge in [0.25, 0.3) is 0 Å². The number of nitrogens with zero attached hydrogens (tertiary/aromatic N) is 2. The predicted molar refractivity (Wildman–Crippen MR) is 81.3 cm³/mol. The molecule has 0 spiro atoms. The Morgan fingerprint density at radius 1 is 1.10 bits per heavy atom. The van der Waals surface area contributed by atoms with Gasteiger partial charge >= 0.3 is 0 Å². The molecule has 0 amide bonds. The van der Waals surface area contributed by atoms with E-state index >= 15 is 0 Å². The van der Waals surface area contributed by atoms with Crippen LogP contribution in [0.3, 0.4) is 0 Å². The van der Waals surface area contributed by atoms with Gasteiger partial charge in [-0.25, -0.2) is 15.8 Å². The summed E-state index contributed by atoms with van der Waals surface area (Å²) < 4.78 is 0. The molecule has 0 fully saturated rings. The van der Waals surface area contributed by atoms with Crippen molar-refractivity contribution in [2.75, 3.05) is 5.43 Å². The number of aryl methyl sites for hydroxylation is 2. The van der Waals surface area contributed by atoms with Crippen LogP contribution >= 0.6 is 0 Å². The predicted octanol–water partition coefficient (Wildman–Crippen LogP) is 3.01. The van der Waals surface area contributed by atoms with Gasteiger partial charge < -0.3 is 5.43 Å². The number of anilines is 1. The number of hydrogen-bond acceptors (Lipinski definition) is 4. The first-order chi connectivity index (χ1) is 9.78. The van der Waals surface area contributed by atoms with Gasteiger partial charge in [-0.2, -0.15) is 0 Å². The van der Waals surface area contributed by atoms with Gasteiger partial charge in [-0.15, -0.1) is 0 Å². The van der Waals surface area contributed by atoms with E-state index in [4.69, 9.17) is 10.8 Å². The first-order valence-electron chi connectivity index (χ1n) is 7.21. The lowest BCUT2D eigenvalue weighted by Crippen LogP contribution is -2.14. The molecule has 0 saturated carbocycles. The molecule has 1 aromatic heterocycles. The van der Waals surface area contributed by atoms with Gasteiger partial charge in [0.05, 0.1) is 0 Å². The van der Waals surface area contributed by atoms with Crippen molar-refractivity contribution in [1.82, 2.24) is 9.97 Å². The van der Waals surface area contributed by atoms with Crippen molar-refractivity contribution in [3.8, 4) is 11.4 Å². The number of hydrazine groups is 1. The van der Waals surface area contributed by atoms with Crippen molar-refractivity contribution in [3.63, 3.8) is 0 Å². The molecule has 1 aliphatic rings. The summed E-state index contributed by atoms with van der Waals surface area (Å²) in [6.45, 7) is 2.08. The molecule has 104 valence electrons. The van der Waals surface area contributed by atoms with Crippen LogP contribution in [0.5, 0.6) is 0 Å². The minimum atomic E-state index is 0.766. The minimum absolute atomic E-state index is 0.766. The van der Waals surface area contributed by atoms with Crippen LogP contribution < -0.4 is 11.3 Å². The number of nitrogens with one attached hydrogen (secondary N) is 1. The van der Waals surface area contributed by atoms with E-state index in [9.17, 15) is 0 Å². The highest BCUT2D eigenvalue weighted by Gasteiger charge is 2.16. The van der Waals surface area contributed by atoms with Gasteiger partial charge in [-0.3, -0.25) is 0 Å². The second-order valence-electron chi connectivity index (χ2n) is 5.40. The Labute approximate surface area is 119 Å². The summed E-state index contributed by atoms with van der Waals surface area (Å²) in [5.41, 5.74) is 7.37. The average molecular weight is 268 g/mol. The fraction of sp³-hybridized carbons (Fsp3) is 0.375. The van der Waals surface area contributed by atoms with Gasteiger partial charge in [0.2, 0.25) is 0 Å². The molecule has 0 aliphatic heterocycles. The third-order valence-electron chi connectivity index (χ3n) is 3.85. The molecule has 2 aromatic rings. The summed E-state index contributed by atoms with van der Waals surface area (Å²) in [7, 11) is 0. The zero-order chi connectivity index (χ0) is 13.9. The Kier molecular flexibility index (Phi) is 3.65. The highest BCUT2D eigenvalue weighted by Crippen LogP contribution is 2.27. The third-order valence-corrected chi connectivity index (χ3v) is 3.85. The largest absolute Gasteiger partial charge is 0.308 e. The van der Waals surface area contributed by atoms with Gasteiger partial charge in [0.15, 0.2) is 5.82 Å². The molecule has 3 rings (SSSR count). The van der Waals surface area contributed by atoms with Crippen LogP contribution in [0.2, 0.25) is 0 Å². The lowest BCUT2D eigenvalue weighted by molar-refractivity contribution is 0.709. The van der Waals surface area contributed by atoms with Crippen LogP contribution in [0.1, 0.15) is 36.1 Å². The summed E-state index contributed by atoms with van der Waals surface area (Å²) in [5.74, 6) is 7.21. The Morgan fingerprint density at radius 3 is 2.75 bits per heavy atom. The second kappa shape index (κ2) is 5.59. The maximum absolute atomic E-state index is 5.66. The molecule has 1 aromatic carbocycles. The molecule has 1 aliphatic carbocycles. The zero-order valence-electron chi connectivity index (χ0n) is 11.8. The molecule has 0 saturated heterocycles. The molecule has 0 radical (unpaired) electrons. The molecule has 4 heteroatoms. The number of rotatable bonds is 2.